The van der Waals surface area contributed by atoms with Crippen LogP contribution in [0.2, 0.25) is 0 Å². The van der Waals surface area contributed by atoms with Crippen LogP contribution in [-0.2, 0) is 0 Å². The first-order valence-corrected chi connectivity index (χ1v) is 4.20. The maximum atomic E-state index is 10.7. The van der Waals surface area contributed by atoms with Gasteiger partial charge in [0.25, 0.3) is 0 Å². The Morgan fingerprint density at radius 1 is 1.54 bits per heavy atom. The summed E-state index contributed by atoms with van der Waals surface area (Å²) >= 11 is 0. The van der Waals surface area contributed by atoms with E-state index in [2.05, 4.69) is 0 Å². The van der Waals surface area contributed by atoms with Crippen LogP contribution in [0.25, 0.3) is 0 Å². The monoisotopic (exact) mass is 178 g/mol. The molecule has 0 heterocycles. The Kier molecular flexibility index (Phi) is 2.90. The van der Waals surface area contributed by atoms with Crippen LogP contribution in [0.3, 0.4) is 0 Å². The van der Waals surface area contributed by atoms with Crippen LogP contribution in [0.1, 0.15) is 12.5 Å². The van der Waals surface area contributed by atoms with E-state index >= 15 is 0 Å². The van der Waals surface area contributed by atoms with E-state index in [1.165, 1.54) is 4.90 Å². The Balaban J connectivity index is 2.98. The molecule has 1 rings (SSSR count). The molecule has 0 bridgehead atoms. The third-order valence-corrected chi connectivity index (χ3v) is 1.85. The minimum atomic E-state index is -1.16. The van der Waals surface area contributed by atoms with Gasteiger partial charge >= 0.3 is 0 Å². The summed E-state index contributed by atoms with van der Waals surface area (Å²) in [5, 5.41) is 10.7. The molecule has 1 aromatic rings. The molecule has 0 saturated heterocycles. The van der Waals surface area contributed by atoms with Crippen molar-refractivity contribution in [1.29, 1.82) is 0 Å². The largest absolute Gasteiger partial charge is 0.530 e. The molecule has 1 aromatic carbocycles. The number of hydrogen-bond acceptors (Lipinski definition) is 2. The number of carbonyl (C=O) groups is 1. The molecule has 0 aliphatic carbocycles. The molecule has 3 nitrogen and oxygen atoms in total. The number of carbonyl (C=O) groups excluding carboxylic acids is 1. The first kappa shape index (κ1) is 9.58. The van der Waals surface area contributed by atoms with Gasteiger partial charge in [0.1, 0.15) is 6.09 Å². The second kappa shape index (κ2) is 3.94. The molecule has 3 heteroatoms. The highest BCUT2D eigenvalue weighted by atomic mass is 16.4. The first-order chi connectivity index (χ1) is 6.15. The molecular formula is C10H12NO2-. The van der Waals surface area contributed by atoms with Crippen LogP contribution in [0.15, 0.2) is 24.3 Å². The van der Waals surface area contributed by atoms with Gasteiger partial charge in [0, 0.05) is 12.2 Å². The van der Waals surface area contributed by atoms with E-state index in [9.17, 15) is 9.90 Å². The van der Waals surface area contributed by atoms with Crippen molar-refractivity contribution < 1.29 is 9.90 Å². The summed E-state index contributed by atoms with van der Waals surface area (Å²) in [4.78, 5) is 11.9. The van der Waals surface area contributed by atoms with E-state index in [1.807, 2.05) is 25.1 Å². The Labute approximate surface area is 77.6 Å². The lowest BCUT2D eigenvalue weighted by Gasteiger charge is -2.23. The van der Waals surface area contributed by atoms with Gasteiger partial charge in [0.05, 0.1) is 0 Å². The van der Waals surface area contributed by atoms with Crippen molar-refractivity contribution in [2.45, 2.75) is 13.8 Å². The van der Waals surface area contributed by atoms with Gasteiger partial charge in [-0.2, -0.15) is 0 Å². The number of nitrogens with zero attached hydrogens (tertiary/aromatic N) is 1. The quantitative estimate of drug-likeness (QED) is 0.682. The predicted octanol–water partition coefficient (Wildman–Crippen LogP) is 1.16. The zero-order valence-corrected chi connectivity index (χ0v) is 7.78. The maximum absolute atomic E-state index is 10.7. The number of benzene rings is 1. The van der Waals surface area contributed by atoms with Crippen molar-refractivity contribution in [3.05, 3.63) is 29.8 Å². The lowest BCUT2D eigenvalue weighted by Crippen LogP contribution is -2.41. The molecule has 0 atom stereocenters. The summed E-state index contributed by atoms with van der Waals surface area (Å²) in [6.45, 7) is 4.11. The minimum Gasteiger partial charge on any atom is -0.530 e. The van der Waals surface area contributed by atoms with Crippen molar-refractivity contribution in [2.75, 3.05) is 11.4 Å². The Morgan fingerprint density at radius 2 is 2.23 bits per heavy atom. The molecule has 0 saturated carbocycles. The summed E-state index contributed by atoms with van der Waals surface area (Å²) in [6.07, 6.45) is -1.16. The molecular weight excluding hydrogens is 166 g/mol. The third-order valence-electron chi connectivity index (χ3n) is 1.85. The Morgan fingerprint density at radius 3 is 2.69 bits per heavy atom. The van der Waals surface area contributed by atoms with E-state index in [1.54, 1.807) is 13.0 Å². The number of hydrogen-bond donors (Lipinski definition) is 0. The van der Waals surface area contributed by atoms with Crippen molar-refractivity contribution in [3.8, 4) is 0 Å². The predicted molar refractivity (Wildman–Crippen MR) is 49.6 cm³/mol. The van der Waals surface area contributed by atoms with Gasteiger partial charge in [-0.3, -0.25) is 0 Å². The van der Waals surface area contributed by atoms with Gasteiger partial charge in [0.15, 0.2) is 0 Å². The molecule has 0 aliphatic rings. The lowest BCUT2D eigenvalue weighted by atomic mass is 10.2. The van der Waals surface area contributed by atoms with Gasteiger partial charge in [0.2, 0.25) is 0 Å². The number of amides is 1. The minimum absolute atomic E-state index is 0.409. The van der Waals surface area contributed by atoms with Gasteiger partial charge in [-0.05, 0) is 31.5 Å². The Hall–Kier alpha value is -1.51. The van der Waals surface area contributed by atoms with Crippen LogP contribution in [0.4, 0.5) is 10.5 Å². The highest BCUT2D eigenvalue weighted by molar-refractivity contribution is 5.84. The van der Waals surface area contributed by atoms with Crippen LogP contribution < -0.4 is 10.0 Å². The summed E-state index contributed by atoms with van der Waals surface area (Å²) in [6, 6.07) is 7.33. The first-order valence-electron chi connectivity index (χ1n) is 4.20. The molecule has 70 valence electrons. The van der Waals surface area contributed by atoms with Crippen molar-refractivity contribution in [1.82, 2.24) is 0 Å². The van der Waals surface area contributed by atoms with E-state index in [4.69, 9.17) is 0 Å². The molecule has 0 fully saturated rings. The molecule has 13 heavy (non-hydrogen) atoms. The van der Waals surface area contributed by atoms with Crippen molar-refractivity contribution in [2.24, 2.45) is 0 Å². The second-order valence-electron chi connectivity index (χ2n) is 2.85. The van der Waals surface area contributed by atoms with E-state index < -0.39 is 6.09 Å². The summed E-state index contributed by atoms with van der Waals surface area (Å²) in [7, 11) is 0. The smallest absolute Gasteiger partial charge is 0.141 e. The molecule has 0 radical (unpaired) electrons. The summed E-state index contributed by atoms with van der Waals surface area (Å²) < 4.78 is 0. The topological polar surface area (TPSA) is 43.4 Å². The SMILES string of the molecule is CCN(C(=O)[O-])c1cccc(C)c1. The van der Waals surface area contributed by atoms with Gasteiger partial charge in [-0.15, -0.1) is 0 Å². The van der Waals surface area contributed by atoms with Gasteiger partial charge in [-0.1, -0.05) is 12.1 Å². The summed E-state index contributed by atoms with van der Waals surface area (Å²) in [5.41, 5.74) is 1.71. The van der Waals surface area contributed by atoms with Crippen LogP contribution >= 0.6 is 0 Å². The molecule has 0 aliphatic heterocycles. The van der Waals surface area contributed by atoms with Crippen LogP contribution in [0, 0.1) is 6.92 Å². The zero-order chi connectivity index (χ0) is 9.84. The maximum Gasteiger partial charge on any atom is 0.141 e. The van der Waals surface area contributed by atoms with E-state index in [-0.39, 0.29) is 0 Å². The average molecular weight is 178 g/mol. The number of rotatable bonds is 2. The molecule has 1 amide bonds. The zero-order valence-electron chi connectivity index (χ0n) is 7.78. The van der Waals surface area contributed by atoms with Crippen molar-refractivity contribution in [3.63, 3.8) is 0 Å². The fourth-order valence-electron chi connectivity index (χ4n) is 1.21. The van der Waals surface area contributed by atoms with Crippen LogP contribution in [0.5, 0.6) is 0 Å². The van der Waals surface area contributed by atoms with Gasteiger partial charge in [-0.25, -0.2) is 0 Å². The lowest BCUT2D eigenvalue weighted by molar-refractivity contribution is -0.246. The second-order valence-corrected chi connectivity index (χ2v) is 2.85. The van der Waals surface area contributed by atoms with E-state index in [0.29, 0.717) is 12.2 Å². The Bertz CT molecular complexity index is 310. The van der Waals surface area contributed by atoms with Gasteiger partial charge < -0.3 is 14.8 Å². The standard InChI is InChI=1S/C10H13NO2/c1-3-11(10(12)13)9-6-4-5-8(2)7-9/h4-7H,3H2,1-2H3,(H,12,13)/p-1. The highest BCUT2D eigenvalue weighted by Gasteiger charge is 2.03. The van der Waals surface area contributed by atoms with Crippen molar-refractivity contribution >= 4 is 11.8 Å². The highest BCUT2D eigenvalue weighted by Crippen LogP contribution is 2.14. The molecule has 0 N–H and O–H groups in total. The number of carboxylic acid groups (broad SMARTS) is 1. The summed E-state index contributed by atoms with van der Waals surface area (Å²) in [5.74, 6) is 0. The fraction of sp³-hybridized carbons (Fsp3) is 0.300. The number of aryl methyl sites for hydroxylation is 1. The number of anilines is 1. The average Bonchev–Trinajstić information content (AvgIpc) is 2.04. The molecule has 0 unspecified atom stereocenters. The third kappa shape index (κ3) is 2.21. The van der Waals surface area contributed by atoms with E-state index in [0.717, 1.165) is 5.56 Å². The molecule has 0 aromatic heterocycles. The fourth-order valence-corrected chi connectivity index (χ4v) is 1.21. The normalized spacial score (nSPS) is 9.69. The van der Waals surface area contributed by atoms with Crippen LogP contribution in [-0.4, -0.2) is 12.6 Å². The molecule has 0 spiro atoms.